The molecule has 1 heterocycles. The Morgan fingerprint density at radius 2 is 1.65 bits per heavy atom. The minimum atomic E-state index is 1.04. The van der Waals surface area contributed by atoms with E-state index in [0.717, 1.165) is 11.3 Å². The summed E-state index contributed by atoms with van der Waals surface area (Å²) in [4.78, 5) is 5.77. The van der Waals surface area contributed by atoms with Gasteiger partial charge in [0, 0.05) is 17.5 Å². The second-order valence-corrected chi connectivity index (χ2v) is 5.85. The van der Waals surface area contributed by atoms with Crippen LogP contribution in [0.3, 0.4) is 0 Å². The van der Waals surface area contributed by atoms with Crippen molar-refractivity contribution in [3.63, 3.8) is 0 Å². The molecule has 20 heavy (non-hydrogen) atoms. The zero-order chi connectivity index (χ0) is 13.9. The van der Waals surface area contributed by atoms with Crippen molar-refractivity contribution in [1.29, 1.82) is 0 Å². The molecule has 0 saturated carbocycles. The maximum Gasteiger partial charge on any atom is 0.107 e. The lowest BCUT2D eigenvalue weighted by Crippen LogP contribution is -1.89. The van der Waals surface area contributed by atoms with E-state index in [-0.39, 0.29) is 0 Å². The van der Waals surface area contributed by atoms with Crippen molar-refractivity contribution < 1.29 is 0 Å². The number of aromatic nitrogens is 2. The molecule has 0 fully saturated rings. The van der Waals surface area contributed by atoms with Crippen LogP contribution in [0.1, 0.15) is 5.56 Å². The lowest BCUT2D eigenvalue weighted by Gasteiger charge is -2.06. The van der Waals surface area contributed by atoms with Crippen LogP contribution < -0.4 is 0 Å². The molecular formula is C17H16N2S. The zero-order valence-electron chi connectivity index (χ0n) is 11.6. The fourth-order valence-electron chi connectivity index (χ4n) is 2.05. The topological polar surface area (TPSA) is 17.8 Å². The van der Waals surface area contributed by atoms with Crippen molar-refractivity contribution in [2.24, 2.45) is 7.05 Å². The molecular weight excluding hydrogens is 264 g/mol. The number of rotatable bonds is 3. The van der Waals surface area contributed by atoms with Gasteiger partial charge in [0.05, 0.1) is 6.33 Å². The standard InChI is InChI=1S/C17H16N2S/c1-13-8-10-15(11-9-13)20-17-16(18-12-19(17)2)14-6-4-3-5-7-14/h3-12H,1-2H3. The van der Waals surface area contributed by atoms with Crippen molar-refractivity contribution in [2.75, 3.05) is 0 Å². The van der Waals surface area contributed by atoms with Crippen LogP contribution in [-0.4, -0.2) is 9.55 Å². The predicted octanol–water partition coefficient (Wildman–Crippen LogP) is 4.55. The second-order valence-electron chi connectivity index (χ2n) is 4.79. The van der Waals surface area contributed by atoms with Crippen LogP contribution in [-0.2, 0) is 7.05 Å². The van der Waals surface area contributed by atoms with Gasteiger partial charge in [-0.05, 0) is 19.1 Å². The molecule has 2 nitrogen and oxygen atoms in total. The Bertz CT molecular complexity index is 700. The van der Waals surface area contributed by atoms with Crippen LogP contribution in [0.5, 0.6) is 0 Å². The van der Waals surface area contributed by atoms with Gasteiger partial charge < -0.3 is 4.57 Å². The molecule has 1 aromatic heterocycles. The summed E-state index contributed by atoms with van der Waals surface area (Å²) in [5.74, 6) is 0. The molecule has 3 heteroatoms. The van der Waals surface area contributed by atoms with Crippen LogP contribution in [0.15, 0.2) is 70.8 Å². The van der Waals surface area contributed by atoms with Crippen molar-refractivity contribution in [1.82, 2.24) is 9.55 Å². The summed E-state index contributed by atoms with van der Waals surface area (Å²) >= 11 is 1.75. The van der Waals surface area contributed by atoms with Gasteiger partial charge in [-0.15, -0.1) is 0 Å². The molecule has 0 aliphatic heterocycles. The van der Waals surface area contributed by atoms with E-state index in [1.54, 1.807) is 11.8 Å². The van der Waals surface area contributed by atoms with Gasteiger partial charge in [0.15, 0.2) is 0 Å². The van der Waals surface area contributed by atoms with Gasteiger partial charge in [-0.1, -0.05) is 59.8 Å². The fourth-order valence-corrected chi connectivity index (χ4v) is 3.01. The van der Waals surface area contributed by atoms with E-state index < -0.39 is 0 Å². The Hall–Kier alpha value is -2.00. The Kier molecular flexibility index (Phi) is 3.61. The Morgan fingerprint density at radius 1 is 0.950 bits per heavy atom. The van der Waals surface area contributed by atoms with Gasteiger partial charge in [-0.2, -0.15) is 0 Å². The van der Waals surface area contributed by atoms with Gasteiger partial charge in [0.2, 0.25) is 0 Å². The average molecular weight is 280 g/mol. The summed E-state index contributed by atoms with van der Waals surface area (Å²) in [5.41, 5.74) is 3.48. The highest BCUT2D eigenvalue weighted by molar-refractivity contribution is 7.99. The van der Waals surface area contributed by atoms with Crippen molar-refractivity contribution in [3.8, 4) is 11.3 Å². The van der Waals surface area contributed by atoms with E-state index in [0.29, 0.717) is 0 Å². The van der Waals surface area contributed by atoms with E-state index in [1.165, 1.54) is 15.5 Å². The van der Waals surface area contributed by atoms with E-state index >= 15 is 0 Å². The van der Waals surface area contributed by atoms with Gasteiger partial charge >= 0.3 is 0 Å². The Morgan fingerprint density at radius 3 is 2.35 bits per heavy atom. The average Bonchev–Trinajstić information content (AvgIpc) is 2.84. The van der Waals surface area contributed by atoms with Crippen molar-refractivity contribution in [2.45, 2.75) is 16.8 Å². The SMILES string of the molecule is Cc1ccc(Sc2c(-c3ccccc3)ncn2C)cc1. The van der Waals surface area contributed by atoms with Crippen molar-refractivity contribution in [3.05, 3.63) is 66.5 Å². The molecule has 0 N–H and O–H groups in total. The summed E-state index contributed by atoms with van der Waals surface area (Å²) in [6.07, 6.45) is 1.87. The number of hydrogen-bond donors (Lipinski definition) is 0. The molecule has 0 spiro atoms. The van der Waals surface area contributed by atoms with Crippen LogP contribution in [0.2, 0.25) is 0 Å². The largest absolute Gasteiger partial charge is 0.328 e. The third-order valence-corrected chi connectivity index (χ3v) is 4.35. The Balaban J connectivity index is 1.97. The van der Waals surface area contributed by atoms with Gasteiger partial charge in [0.1, 0.15) is 10.7 Å². The Labute approximate surface area is 123 Å². The first-order valence-electron chi connectivity index (χ1n) is 6.55. The smallest absolute Gasteiger partial charge is 0.107 e. The molecule has 0 amide bonds. The number of hydrogen-bond acceptors (Lipinski definition) is 2. The quantitative estimate of drug-likeness (QED) is 0.700. The summed E-state index contributed by atoms with van der Waals surface area (Å²) in [6.45, 7) is 2.11. The number of benzene rings is 2. The first-order valence-corrected chi connectivity index (χ1v) is 7.37. The molecule has 100 valence electrons. The fraction of sp³-hybridized carbons (Fsp3) is 0.118. The van der Waals surface area contributed by atoms with Crippen LogP contribution in [0.4, 0.5) is 0 Å². The van der Waals surface area contributed by atoms with Gasteiger partial charge in [-0.25, -0.2) is 4.98 Å². The summed E-state index contributed by atoms with van der Waals surface area (Å²) < 4.78 is 2.08. The minimum Gasteiger partial charge on any atom is -0.328 e. The van der Waals surface area contributed by atoms with E-state index in [2.05, 4.69) is 52.9 Å². The highest BCUT2D eigenvalue weighted by Crippen LogP contribution is 2.34. The van der Waals surface area contributed by atoms with E-state index in [9.17, 15) is 0 Å². The summed E-state index contributed by atoms with van der Waals surface area (Å²) in [7, 11) is 2.04. The van der Waals surface area contributed by atoms with Crippen molar-refractivity contribution >= 4 is 11.8 Å². The van der Waals surface area contributed by atoms with Crippen LogP contribution in [0, 0.1) is 6.92 Å². The third kappa shape index (κ3) is 2.63. The number of aryl methyl sites for hydroxylation is 2. The second kappa shape index (κ2) is 5.55. The highest BCUT2D eigenvalue weighted by Gasteiger charge is 2.12. The van der Waals surface area contributed by atoms with E-state index in [1.807, 2.05) is 31.6 Å². The molecule has 0 saturated heterocycles. The molecule has 2 aromatic carbocycles. The van der Waals surface area contributed by atoms with Gasteiger partial charge in [0.25, 0.3) is 0 Å². The molecule has 0 atom stereocenters. The number of nitrogens with zero attached hydrogens (tertiary/aromatic N) is 2. The lowest BCUT2D eigenvalue weighted by molar-refractivity contribution is 0.825. The summed E-state index contributed by atoms with van der Waals surface area (Å²) in [6, 6.07) is 18.9. The molecule has 0 unspecified atom stereocenters. The molecule has 0 aliphatic rings. The highest BCUT2D eigenvalue weighted by atomic mass is 32.2. The maximum absolute atomic E-state index is 4.54. The minimum absolute atomic E-state index is 1.04. The monoisotopic (exact) mass is 280 g/mol. The third-order valence-electron chi connectivity index (χ3n) is 3.17. The first-order chi connectivity index (χ1) is 9.74. The summed E-state index contributed by atoms with van der Waals surface area (Å²) in [5, 5.41) is 1.17. The van der Waals surface area contributed by atoms with Crippen LogP contribution in [0.25, 0.3) is 11.3 Å². The molecule has 3 rings (SSSR count). The number of imidazole rings is 1. The molecule has 0 aliphatic carbocycles. The normalized spacial score (nSPS) is 10.7. The predicted molar refractivity (Wildman–Crippen MR) is 83.9 cm³/mol. The molecule has 0 radical (unpaired) electrons. The van der Waals surface area contributed by atoms with Gasteiger partial charge in [-0.3, -0.25) is 0 Å². The zero-order valence-corrected chi connectivity index (χ0v) is 12.4. The maximum atomic E-state index is 4.54. The lowest BCUT2D eigenvalue weighted by atomic mass is 10.2. The van der Waals surface area contributed by atoms with E-state index in [4.69, 9.17) is 0 Å². The molecule has 3 aromatic rings. The van der Waals surface area contributed by atoms with Crippen LogP contribution >= 0.6 is 11.8 Å². The first kappa shape index (κ1) is 13.0. The molecule has 0 bridgehead atoms.